The molecule has 1 aliphatic heterocycles. The Kier molecular flexibility index (Phi) is 7.51. The fourth-order valence-corrected chi connectivity index (χ4v) is 5.30. The van der Waals surface area contributed by atoms with Gasteiger partial charge in [0.1, 0.15) is 5.75 Å². The number of aromatic nitrogens is 1. The van der Waals surface area contributed by atoms with E-state index < -0.39 is 12.0 Å². The molecule has 0 aliphatic carbocycles. The summed E-state index contributed by atoms with van der Waals surface area (Å²) < 4.78 is 18.1. The topological polar surface area (TPSA) is 99.4 Å². The summed E-state index contributed by atoms with van der Waals surface area (Å²) in [5, 5.41) is 10.6. The number of fused-ring (bicyclic) bond motifs is 1. The number of esters is 1. The molecule has 36 heavy (non-hydrogen) atoms. The number of ether oxygens (including phenoxy) is 3. The molecular weight excluding hydrogens is 504 g/mol. The number of allylic oxidation sites excluding steroid dienone is 1. The predicted molar refractivity (Wildman–Crippen MR) is 138 cm³/mol. The molecule has 0 fully saturated rings. The van der Waals surface area contributed by atoms with Crippen LogP contribution in [0.15, 0.2) is 57.5 Å². The quantitative estimate of drug-likeness (QED) is 0.472. The Morgan fingerprint density at radius 2 is 1.94 bits per heavy atom. The van der Waals surface area contributed by atoms with Crippen molar-refractivity contribution >= 4 is 35.0 Å². The molecule has 1 N–H and O–H groups in total. The van der Waals surface area contributed by atoms with Crippen LogP contribution in [0.4, 0.5) is 0 Å². The van der Waals surface area contributed by atoms with E-state index >= 15 is 0 Å². The van der Waals surface area contributed by atoms with Crippen molar-refractivity contribution < 1.29 is 24.1 Å². The first-order valence-electron chi connectivity index (χ1n) is 11.2. The van der Waals surface area contributed by atoms with Crippen LogP contribution in [0.3, 0.4) is 0 Å². The lowest BCUT2D eigenvalue weighted by molar-refractivity contribution is -0.139. The summed E-state index contributed by atoms with van der Waals surface area (Å²) in [6, 6.07) is 9.23. The molecule has 1 atom stereocenters. The van der Waals surface area contributed by atoms with Crippen molar-refractivity contribution in [2.24, 2.45) is 4.99 Å². The second-order valence-corrected chi connectivity index (χ2v) is 9.40. The van der Waals surface area contributed by atoms with Crippen molar-refractivity contribution in [3.8, 4) is 17.2 Å². The van der Waals surface area contributed by atoms with Crippen molar-refractivity contribution in [2.45, 2.75) is 26.3 Å². The van der Waals surface area contributed by atoms with Crippen LogP contribution in [0.1, 0.15) is 31.0 Å². The second-order valence-electron chi connectivity index (χ2n) is 7.95. The highest BCUT2D eigenvalue weighted by atomic mass is 35.5. The molecule has 188 valence electrons. The van der Waals surface area contributed by atoms with Gasteiger partial charge >= 0.3 is 5.97 Å². The van der Waals surface area contributed by atoms with Crippen LogP contribution in [-0.2, 0) is 16.0 Å². The number of hydrogen-bond donors (Lipinski definition) is 1. The molecular formula is C26H25ClN2O6S. The van der Waals surface area contributed by atoms with Crippen molar-refractivity contribution in [1.29, 1.82) is 0 Å². The van der Waals surface area contributed by atoms with Crippen LogP contribution in [0.2, 0.25) is 5.02 Å². The lowest BCUT2D eigenvalue weighted by Gasteiger charge is -2.25. The van der Waals surface area contributed by atoms with E-state index in [0.717, 1.165) is 0 Å². The highest BCUT2D eigenvalue weighted by molar-refractivity contribution is 7.07. The zero-order valence-corrected chi connectivity index (χ0v) is 21.8. The van der Waals surface area contributed by atoms with Gasteiger partial charge in [-0.15, -0.1) is 0 Å². The number of rotatable bonds is 7. The average molecular weight is 529 g/mol. The number of methoxy groups -OCH3 is 2. The van der Waals surface area contributed by atoms with E-state index in [9.17, 15) is 14.7 Å². The van der Waals surface area contributed by atoms with Gasteiger partial charge in [0.2, 0.25) is 0 Å². The molecule has 10 heteroatoms. The smallest absolute Gasteiger partial charge is 0.338 e. The van der Waals surface area contributed by atoms with E-state index in [0.29, 0.717) is 49.1 Å². The number of nitrogens with zero attached hydrogens (tertiary/aromatic N) is 2. The summed E-state index contributed by atoms with van der Waals surface area (Å²) in [5.41, 5.74) is 1.66. The first-order valence-corrected chi connectivity index (χ1v) is 12.4. The Morgan fingerprint density at radius 1 is 1.19 bits per heavy atom. The van der Waals surface area contributed by atoms with Crippen molar-refractivity contribution in [1.82, 2.24) is 4.57 Å². The molecule has 0 saturated carbocycles. The maximum Gasteiger partial charge on any atom is 0.338 e. The normalized spacial score (nSPS) is 15.4. The minimum atomic E-state index is -0.776. The molecule has 2 aromatic carbocycles. The largest absolute Gasteiger partial charge is 0.508 e. The van der Waals surface area contributed by atoms with Gasteiger partial charge in [0.05, 0.1) is 42.7 Å². The Hall–Kier alpha value is -3.56. The number of carbonyl (C=O) groups excluding carboxylic acids is 1. The predicted octanol–water partition coefficient (Wildman–Crippen LogP) is 3.37. The first kappa shape index (κ1) is 25.5. The van der Waals surface area contributed by atoms with Crippen molar-refractivity contribution in [3.63, 3.8) is 0 Å². The van der Waals surface area contributed by atoms with Gasteiger partial charge in [0, 0.05) is 5.02 Å². The molecule has 1 unspecified atom stereocenters. The minimum Gasteiger partial charge on any atom is -0.508 e. The Morgan fingerprint density at radius 3 is 2.64 bits per heavy atom. The first-order chi connectivity index (χ1) is 17.3. The van der Waals surface area contributed by atoms with Gasteiger partial charge in [-0.05, 0) is 61.7 Å². The van der Waals surface area contributed by atoms with Gasteiger partial charge in [-0.3, -0.25) is 9.36 Å². The number of hydrogen-bond acceptors (Lipinski definition) is 8. The summed E-state index contributed by atoms with van der Waals surface area (Å²) >= 11 is 7.27. The summed E-state index contributed by atoms with van der Waals surface area (Å²) in [5.74, 6) is 0.531. The van der Waals surface area contributed by atoms with Gasteiger partial charge in [-0.2, -0.15) is 0 Å². The fourth-order valence-electron chi connectivity index (χ4n) is 4.09. The van der Waals surface area contributed by atoms with Crippen molar-refractivity contribution in [3.05, 3.63) is 83.5 Å². The third kappa shape index (κ3) is 4.76. The molecule has 0 spiro atoms. The fraction of sp³-hybridized carbons (Fsp3) is 0.269. The third-order valence-corrected chi connectivity index (χ3v) is 7.06. The SMILES string of the molecule is CCOC(=O)C1=C(C)N=c2s/c(=C\Cc3cc(Cl)ccc3O)c(=O)n2C1c1ccc(OC)c(OC)c1. The number of thiazole rings is 1. The van der Waals surface area contributed by atoms with E-state index in [4.69, 9.17) is 25.8 Å². The molecule has 1 aromatic heterocycles. The lowest BCUT2D eigenvalue weighted by Crippen LogP contribution is -2.40. The van der Waals surface area contributed by atoms with E-state index in [1.54, 1.807) is 50.3 Å². The molecule has 1 aliphatic rings. The summed E-state index contributed by atoms with van der Waals surface area (Å²) in [6.45, 7) is 3.63. The molecule has 0 bridgehead atoms. The zero-order chi connectivity index (χ0) is 26.0. The summed E-state index contributed by atoms with van der Waals surface area (Å²) in [4.78, 5) is 31.7. The molecule has 4 rings (SSSR count). The van der Waals surface area contributed by atoms with Crippen LogP contribution in [0, 0.1) is 0 Å². The van der Waals surface area contributed by atoms with E-state index in [-0.39, 0.29) is 23.5 Å². The Balaban J connectivity index is 1.90. The number of benzene rings is 2. The van der Waals surface area contributed by atoms with E-state index in [2.05, 4.69) is 4.99 Å². The van der Waals surface area contributed by atoms with Crippen LogP contribution in [-0.4, -0.2) is 36.5 Å². The Labute approximate surface area is 216 Å². The monoisotopic (exact) mass is 528 g/mol. The molecule has 0 radical (unpaired) electrons. The number of phenolic OH excluding ortho intramolecular Hbond substituents is 1. The standard InChI is InChI=1S/C26H25ClN2O6S/c1-5-35-25(32)22-14(2)28-26-29(23(22)16-6-10-19(33-3)20(13-16)34-4)24(31)21(36-26)11-7-15-12-17(27)8-9-18(15)30/h6,8-13,23,30H,5,7H2,1-4H3/b21-11-. The highest BCUT2D eigenvalue weighted by Gasteiger charge is 2.33. The number of halogens is 1. The zero-order valence-electron chi connectivity index (χ0n) is 20.2. The highest BCUT2D eigenvalue weighted by Crippen LogP contribution is 2.36. The van der Waals surface area contributed by atoms with Gasteiger partial charge in [0.25, 0.3) is 5.56 Å². The van der Waals surface area contributed by atoms with Crippen LogP contribution in [0.5, 0.6) is 17.2 Å². The number of carbonyl (C=O) groups is 1. The van der Waals surface area contributed by atoms with Gasteiger partial charge < -0.3 is 19.3 Å². The summed E-state index contributed by atoms with van der Waals surface area (Å²) in [6.07, 6.45) is 2.02. The summed E-state index contributed by atoms with van der Waals surface area (Å²) in [7, 11) is 3.05. The van der Waals surface area contributed by atoms with E-state index in [1.807, 2.05) is 0 Å². The maximum atomic E-state index is 13.6. The average Bonchev–Trinajstić information content (AvgIpc) is 3.17. The lowest BCUT2D eigenvalue weighted by atomic mass is 9.95. The van der Waals surface area contributed by atoms with E-state index in [1.165, 1.54) is 36.2 Å². The number of phenols is 1. The number of aromatic hydroxyl groups is 1. The molecule has 8 nitrogen and oxygen atoms in total. The third-order valence-electron chi connectivity index (χ3n) is 5.79. The molecule has 2 heterocycles. The molecule has 3 aromatic rings. The minimum absolute atomic E-state index is 0.0899. The van der Waals surface area contributed by atoms with Crippen LogP contribution in [0.25, 0.3) is 6.08 Å². The molecule has 0 amide bonds. The van der Waals surface area contributed by atoms with Gasteiger partial charge in [-0.25, -0.2) is 9.79 Å². The second kappa shape index (κ2) is 10.6. The van der Waals surface area contributed by atoms with Crippen LogP contribution < -0.4 is 24.4 Å². The van der Waals surface area contributed by atoms with Crippen LogP contribution >= 0.6 is 22.9 Å². The Bertz CT molecular complexity index is 1540. The molecule has 0 saturated heterocycles. The van der Waals surface area contributed by atoms with Gasteiger partial charge in [-0.1, -0.05) is 35.1 Å². The van der Waals surface area contributed by atoms with Crippen molar-refractivity contribution in [2.75, 3.05) is 20.8 Å². The maximum absolute atomic E-state index is 13.6. The van der Waals surface area contributed by atoms with Gasteiger partial charge in [0.15, 0.2) is 16.3 Å².